The Morgan fingerprint density at radius 3 is 1.83 bits per heavy atom. The molecule has 2 heterocycles. The number of ether oxygens (including phenoxy) is 2. The number of nitrogens with zero attached hydrogens (tertiary/aromatic N) is 2. The first-order valence-corrected chi connectivity index (χ1v) is 10.0. The molecular weight excluding hydrogens is 374 g/mol. The van der Waals surface area contributed by atoms with Crippen LogP contribution in [0.4, 0.5) is 0 Å². The number of likely N-dealkylation sites (tertiary alicyclic amines) is 2. The van der Waals surface area contributed by atoms with Crippen molar-refractivity contribution in [2.24, 2.45) is 17.6 Å². The summed E-state index contributed by atoms with van der Waals surface area (Å²) >= 11 is 0. The first-order chi connectivity index (χ1) is 14.0. The van der Waals surface area contributed by atoms with Crippen LogP contribution in [0.2, 0.25) is 0 Å². The zero-order valence-electron chi connectivity index (χ0n) is 17.1. The predicted molar refractivity (Wildman–Crippen MR) is 107 cm³/mol. The van der Waals surface area contributed by atoms with Crippen molar-refractivity contribution in [2.75, 3.05) is 40.4 Å². The van der Waals surface area contributed by atoms with Crippen LogP contribution in [-0.2, 0) is 9.59 Å². The largest absolute Gasteiger partial charge is 0.496 e. The van der Waals surface area contributed by atoms with Crippen LogP contribution in [0.25, 0.3) is 0 Å². The lowest BCUT2D eigenvalue weighted by molar-refractivity contribution is -0.139. The van der Waals surface area contributed by atoms with E-state index >= 15 is 0 Å². The van der Waals surface area contributed by atoms with Crippen LogP contribution >= 0.6 is 0 Å². The van der Waals surface area contributed by atoms with Crippen LogP contribution in [-0.4, -0.2) is 67.9 Å². The molecule has 1 aromatic rings. The molecule has 29 heavy (non-hydrogen) atoms. The van der Waals surface area contributed by atoms with Gasteiger partial charge in [-0.15, -0.1) is 0 Å². The van der Waals surface area contributed by atoms with Gasteiger partial charge in [0.15, 0.2) is 0 Å². The van der Waals surface area contributed by atoms with E-state index in [1.165, 1.54) is 14.2 Å². The number of benzene rings is 1. The highest BCUT2D eigenvalue weighted by atomic mass is 16.5. The van der Waals surface area contributed by atoms with E-state index in [2.05, 4.69) is 0 Å². The summed E-state index contributed by atoms with van der Waals surface area (Å²) in [6.07, 6.45) is 2.51. The molecule has 0 aliphatic carbocycles. The Bertz CT molecular complexity index is 743. The first-order valence-electron chi connectivity index (χ1n) is 10.0. The van der Waals surface area contributed by atoms with Crippen LogP contribution in [0.1, 0.15) is 36.0 Å². The molecule has 2 aliphatic rings. The number of nitrogens with two attached hydrogens (primary N) is 1. The maximum Gasteiger partial charge on any atom is 0.261 e. The van der Waals surface area contributed by atoms with Crippen molar-refractivity contribution in [1.29, 1.82) is 0 Å². The Labute approximate surface area is 170 Å². The molecule has 0 bridgehead atoms. The second-order valence-electron chi connectivity index (χ2n) is 7.61. The minimum Gasteiger partial charge on any atom is -0.496 e. The van der Waals surface area contributed by atoms with Crippen molar-refractivity contribution in [1.82, 2.24) is 9.80 Å². The molecule has 2 N–H and O–H groups in total. The van der Waals surface area contributed by atoms with E-state index in [0.717, 1.165) is 0 Å². The lowest BCUT2D eigenvalue weighted by Crippen LogP contribution is -2.47. The fraction of sp³-hybridized carbons (Fsp3) is 0.571. The van der Waals surface area contributed by atoms with Crippen molar-refractivity contribution in [2.45, 2.75) is 25.7 Å². The van der Waals surface area contributed by atoms with Gasteiger partial charge < -0.3 is 25.0 Å². The van der Waals surface area contributed by atoms with E-state index < -0.39 is 0 Å². The highest BCUT2D eigenvalue weighted by Gasteiger charge is 2.34. The van der Waals surface area contributed by atoms with Crippen LogP contribution in [0.5, 0.6) is 11.5 Å². The van der Waals surface area contributed by atoms with Crippen LogP contribution < -0.4 is 15.2 Å². The minimum atomic E-state index is -0.282. The summed E-state index contributed by atoms with van der Waals surface area (Å²) in [5.41, 5.74) is 5.78. The number of hydrogen-bond acceptors (Lipinski definition) is 5. The van der Waals surface area contributed by atoms with E-state index in [-0.39, 0.29) is 29.6 Å². The second kappa shape index (κ2) is 9.15. The van der Waals surface area contributed by atoms with Crippen molar-refractivity contribution < 1.29 is 23.9 Å². The van der Waals surface area contributed by atoms with Crippen molar-refractivity contribution in [3.05, 3.63) is 23.8 Å². The van der Waals surface area contributed by atoms with Gasteiger partial charge in [-0.3, -0.25) is 14.4 Å². The number of methoxy groups -OCH3 is 2. The lowest BCUT2D eigenvalue weighted by atomic mass is 9.91. The number of rotatable bonds is 5. The maximum absolute atomic E-state index is 13.1. The molecule has 8 heteroatoms. The number of carbonyl (C=O) groups excluding carboxylic acids is 3. The van der Waals surface area contributed by atoms with Gasteiger partial charge in [-0.25, -0.2) is 0 Å². The molecule has 3 amide bonds. The Balaban J connectivity index is 1.59. The molecule has 1 aromatic carbocycles. The molecule has 158 valence electrons. The highest BCUT2D eigenvalue weighted by molar-refractivity contribution is 6.00. The fourth-order valence-corrected chi connectivity index (χ4v) is 4.19. The monoisotopic (exact) mass is 403 g/mol. The summed E-state index contributed by atoms with van der Waals surface area (Å²) in [6.45, 7) is 2.16. The van der Waals surface area contributed by atoms with Gasteiger partial charge in [0, 0.05) is 38.0 Å². The average Bonchev–Trinajstić information content (AvgIpc) is 2.77. The van der Waals surface area contributed by atoms with Gasteiger partial charge in [0.2, 0.25) is 11.8 Å². The van der Waals surface area contributed by atoms with E-state index in [0.29, 0.717) is 68.9 Å². The predicted octanol–water partition coefficient (Wildman–Crippen LogP) is 1.28. The molecule has 2 aliphatic heterocycles. The summed E-state index contributed by atoms with van der Waals surface area (Å²) in [5, 5.41) is 0. The SMILES string of the molecule is COc1cccc(OC)c1C(=O)N1CCC(C(=O)N2CCC(C(N)=O)CC2)CC1. The number of carbonyl (C=O) groups is 3. The number of primary amides is 1. The molecule has 0 spiro atoms. The van der Waals surface area contributed by atoms with Crippen LogP contribution in [0, 0.1) is 11.8 Å². The minimum absolute atomic E-state index is 0.0938. The van der Waals surface area contributed by atoms with Crippen molar-refractivity contribution >= 4 is 17.7 Å². The molecule has 0 aromatic heterocycles. The van der Waals surface area contributed by atoms with Gasteiger partial charge in [0.05, 0.1) is 14.2 Å². The van der Waals surface area contributed by atoms with Crippen molar-refractivity contribution in [3.8, 4) is 11.5 Å². The summed E-state index contributed by atoms with van der Waals surface area (Å²) in [5.74, 6) is 0.422. The fourth-order valence-electron chi connectivity index (χ4n) is 4.19. The second-order valence-corrected chi connectivity index (χ2v) is 7.61. The molecule has 3 rings (SSSR count). The summed E-state index contributed by atoms with van der Waals surface area (Å²) in [4.78, 5) is 40.8. The van der Waals surface area contributed by atoms with Crippen LogP contribution in [0.3, 0.4) is 0 Å². The Morgan fingerprint density at radius 2 is 1.34 bits per heavy atom. The topological polar surface area (TPSA) is 102 Å². The highest BCUT2D eigenvalue weighted by Crippen LogP contribution is 2.31. The summed E-state index contributed by atoms with van der Waals surface area (Å²) in [6, 6.07) is 5.25. The Hall–Kier alpha value is -2.77. The lowest BCUT2D eigenvalue weighted by Gasteiger charge is -2.37. The smallest absolute Gasteiger partial charge is 0.261 e. The normalized spacial score (nSPS) is 18.4. The van der Waals surface area contributed by atoms with Gasteiger partial charge in [-0.05, 0) is 37.8 Å². The average molecular weight is 403 g/mol. The number of piperidine rings is 2. The van der Waals surface area contributed by atoms with Gasteiger partial charge >= 0.3 is 0 Å². The van der Waals surface area contributed by atoms with Crippen LogP contribution in [0.15, 0.2) is 18.2 Å². The van der Waals surface area contributed by atoms with E-state index in [1.807, 2.05) is 4.90 Å². The Morgan fingerprint density at radius 1 is 0.862 bits per heavy atom. The van der Waals surface area contributed by atoms with E-state index in [1.54, 1.807) is 23.1 Å². The molecule has 0 radical (unpaired) electrons. The van der Waals surface area contributed by atoms with Crippen molar-refractivity contribution in [3.63, 3.8) is 0 Å². The van der Waals surface area contributed by atoms with Gasteiger partial charge in [-0.1, -0.05) is 6.07 Å². The van der Waals surface area contributed by atoms with Gasteiger partial charge in [0.25, 0.3) is 5.91 Å². The van der Waals surface area contributed by atoms with E-state index in [4.69, 9.17) is 15.2 Å². The zero-order chi connectivity index (χ0) is 21.0. The third-order valence-electron chi connectivity index (χ3n) is 5.98. The third-order valence-corrected chi connectivity index (χ3v) is 5.98. The molecule has 2 saturated heterocycles. The first kappa shape index (κ1) is 21.0. The Kier molecular flexibility index (Phi) is 6.61. The molecular formula is C21H29N3O5. The van der Waals surface area contributed by atoms with E-state index in [9.17, 15) is 14.4 Å². The molecule has 0 atom stereocenters. The summed E-state index contributed by atoms with van der Waals surface area (Å²) in [7, 11) is 3.05. The maximum atomic E-state index is 13.1. The summed E-state index contributed by atoms with van der Waals surface area (Å²) < 4.78 is 10.7. The number of hydrogen-bond donors (Lipinski definition) is 1. The standard InChI is InChI=1S/C21H29N3O5/c1-28-16-4-3-5-17(29-2)18(16)21(27)24-12-8-15(9-13-24)20(26)23-10-6-14(7-11-23)19(22)25/h3-5,14-15H,6-13H2,1-2H3,(H2,22,25). The zero-order valence-corrected chi connectivity index (χ0v) is 17.1. The number of amides is 3. The third kappa shape index (κ3) is 4.46. The van der Waals surface area contributed by atoms with Gasteiger partial charge in [0.1, 0.15) is 17.1 Å². The quantitative estimate of drug-likeness (QED) is 0.798. The van der Waals surface area contributed by atoms with Gasteiger partial charge in [-0.2, -0.15) is 0 Å². The molecule has 2 fully saturated rings. The molecule has 8 nitrogen and oxygen atoms in total. The molecule has 0 unspecified atom stereocenters. The molecule has 0 saturated carbocycles.